The number of aromatic nitrogens is 1. The molecule has 5 aromatic rings. The van der Waals surface area contributed by atoms with Crippen LogP contribution in [0.2, 0.25) is 0 Å². The molecular formula is C28H17F2N3O3. The van der Waals surface area contributed by atoms with Gasteiger partial charge in [0.1, 0.15) is 23.5 Å². The van der Waals surface area contributed by atoms with Gasteiger partial charge in [0.05, 0.1) is 28.6 Å². The number of nitrogens with one attached hydrogen (secondary N) is 1. The molecule has 0 atom stereocenters. The molecule has 6 nitrogen and oxygen atoms in total. The van der Waals surface area contributed by atoms with E-state index in [2.05, 4.69) is 15.5 Å². The van der Waals surface area contributed by atoms with Crippen LogP contribution in [0.5, 0.6) is 0 Å². The lowest BCUT2D eigenvalue weighted by atomic mass is 10.0. The van der Waals surface area contributed by atoms with Gasteiger partial charge in [0.25, 0.3) is 5.91 Å². The number of hydrogen-bond acceptors (Lipinski definition) is 5. The fraction of sp³-hybridized carbons (Fsp3) is 0. The number of rotatable bonds is 5. The van der Waals surface area contributed by atoms with Crippen molar-refractivity contribution in [3.63, 3.8) is 0 Å². The highest BCUT2D eigenvalue weighted by atomic mass is 19.1. The Hall–Kier alpha value is -4.98. The van der Waals surface area contributed by atoms with Crippen molar-refractivity contribution in [3.8, 4) is 22.5 Å². The van der Waals surface area contributed by atoms with Crippen LogP contribution >= 0.6 is 0 Å². The van der Waals surface area contributed by atoms with Gasteiger partial charge >= 0.3 is 0 Å². The van der Waals surface area contributed by atoms with Gasteiger partial charge in [-0.25, -0.2) is 19.2 Å². The Bertz CT molecular complexity index is 1660. The molecule has 0 unspecified atom stereocenters. The average molecular weight is 481 g/mol. The molecule has 2 aromatic heterocycles. The molecule has 0 fully saturated rings. The van der Waals surface area contributed by atoms with E-state index < -0.39 is 17.2 Å². The molecule has 1 N–H and O–H groups in total. The minimum atomic E-state index is -0.568. The van der Waals surface area contributed by atoms with E-state index in [0.29, 0.717) is 17.0 Å². The van der Waals surface area contributed by atoms with Crippen molar-refractivity contribution in [1.82, 2.24) is 10.4 Å². The van der Waals surface area contributed by atoms with Crippen molar-refractivity contribution in [2.24, 2.45) is 5.10 Å². The maximum atomic E-state index is 13.5. The lowest BCUT2D eigenvalue weighted by Gasteiger charge is -2.09. The third-order valence-electron chi connectivity index (χ3n) is 5.43. The Morgan fingerprint density at radius 1 is 0.861 bits per heavy atom. The van der Waals surface area contributed by atoms with Gasteiger partial charge in [0.2, 0.25) is 5.43 Å². The van der Waals surface area contributed by atoms with E-state index in [-0.39, 0.29) is 27.9 Å². The SMILES string of the molecule is O=C(N/N=C/c1coc2ccc(F)cc2c1=O)c1cc(-c2ccccc2)nc(-c2ccc(F)cc2)c1. The summed E-state index contributed by atoms with van der Waals surface area (Å²) in [5, 5.41) is 3.94. The minimum absolute atomic E-state index is 0.0418. The van der Waals surface area contributed by atoms with E-state index in [1.54, 1.807) is 24.3 Å². The average Bonchev–Trinajstić information content (AvgIpc) is 2.91. The van der Waals surface area contributed by atoms with Gasteiger partial charge in [-0.15, -0.1) is 0 Å². The molecule has 3 aromatic carbocycles. The molecular weight excluding hydrogens is 464 g/mol. The lowest BCUT2D eigenvalue weighted by molar-refractivity contribution is 0.0955. The Morgan fingerprint density at radius 3 is 2.25 bits per heavy atom. The highest BCUT2D eigenvalue weighted by Crippen LogP contribution is 2.25. The molecule has 176 valence electrons. The summed E-state index contributed by atoms with van der Waals surface area (Å²) in [7, 11) is 0. The van der Waals surface area contributed by atoms with Crippen LogP contribution in [-0.2, 0) is 0 Å². The van der Waals surface area contributed by atoms with Crippen LogP contribution in [0.1, 0.15) is 15.9 Å². The highest BCUT2D eigenvalue weighted by Gasteiger charge is 2.13. The van der Waals surface area contributed by atoms with Crippen molar-refractivity contribution >= 4 is 23.1 Å². The fourth-order valence-corrected chi connectivity index (χ4v) is 3.62. The number of halogens is 2. The molecule has 0 bridgehead atoms. The largest absolute Gasteiger partial charge is 0.463 e. The van der Waals surface area contributed by atoms with E-state index in [0.717, 1.165) is 17.8 Å². The van der Waals surface area contributed by atoms with Crippen molar-refractivity contribution in [2.45, 2.75) is 0 Å². The normalized spacial score (nSPS) is 11.2. The number of nitrogens with zero attached hydrogens (tertiary/aromatic N) is 2. The summed E-state index contributed by atoms with van der Waals surface area (Å²) < 4.78 is 32.3. The van der Waals surface area contributed by atoms with Gasteiger partial charge in [-0.05, 0) is 54.6 Å². The van der Waals surface area contributed by atoms with Gasteiger partial charge in [0.15, 0.2) is 0 Å². The number of carbonyl (C=O) groups is 1. The first-order valence-corrected chi connectivity index (χ1v) is 10.9. The maximum absolute atomic E-state index is 13.5. The topological polar surface area (TPSA) is 84.6 Å². The molecule has 0 aliphatic carbocycles. The third-order valence-corrected chi connectivity index (χ3v) is 5.43. The number of hydrazone groups is 1. The van der Waals surface area contributed by atoms with E-state index in [1.165, 1.54) is 30.5 Å². The molecule has 0 saturated carbocycles. The van der Waals surface area contributed by atoms with Crippen LogP contribution in [0.4, 0.5) is 8.78 Å². The van der Waals surface area contributed by atoms with Crippen LogP contribution in [0, 0.1) is 11.6 Å². The van der Waals surface area contributed by atoms with Crippen LogP contribution in [-0.4, -0.2) is 17.1 Å². The van der Waals surface area contributed by atoms with Crippen LogP contribution in [0.25, 0.3) is 33.5 Å². The number of carbonyl (C=O) groups excluding carboxylic acids is 1. The number of pyridine rings is 1. The second-order valence-corrected chi connectivity index (χ2v) is 7.86. The summed E-state index contributed by atoms with van der Waals surface area (Å²) in [5.41, 5.74) is 4.88. The first kappa shape index (κ1) is 22.8. The Kier molecular flexibility index (Phi) is 6.15. The van der Waals surface area contributed by atoms with Crippen LogP contribution < -0.4 is 10.9 Å². The molecule has 0 spiro atoms. The third kappa shape index (κ3) is 4.78. The van der Waals surface area contributed by atoms with Gasteiger partial charge < -0.3 is 4.42 Å². The Morgan fingerprint density at radius 2 is 1.53 bits per heavy atom. The Balaban J connectivity index is 1.46. The summed E-state index contributed by atoms with van der Waals surface area (Å²) in [4.78, 5) is 30.2. The van der Waals surface area contributed by atoms with Gasteiger partial charge in [-0.1, -0.05) is 30.3 Å². The first-order chi connectivity index (χ1) is 17.5. The van der Waals surface area contributed by atoms with Crippen molar-refractivity contribution in [3.05, 3.63) is 124 Å². The van der Waals surface area contributed by atoms with E-state index in [4.69, 9.17) is 4.42 Å². The van der Waals surface area contributed by atoms with Gasteiger partial charge in [-0.3, -0.25) is 9.59 Å². The molecule has 1 amide bonds. The maximum Gasteiger partial charge on any atom is 0.271 e. The summed E-state index contributed by atoms with van der Waals surface area (Å²) in [5.74, 6) is -1.50. The standard InChI is InChI=1S/C28H17F2N3O3/c29-21-8-6-18(7-9-21)25-13-19(12-24(32-25)17-4-2-1-3-5-17)28(35)33-31-15-20-16-36-26-11-10-22(30)14-23(26)27(20)34/h1-16H,(H,33,35)/b31-15+. The molecule has 0 aliphatic heterocycles. The summed E-state index contributed by atoms with van der Waals surface area (Å²) in [6.45, 7) is 0. The molecule has 5 rings (SSSR count). The number of hydrogen-bond donors (Lipinski definition) is 1. The van der Waals surface area contributed by atoms with Crippen LogP contribution in [0.15, 0.2) is 106 Å². The monoisotopic (exact) mass is 481 g/mol. The molecule has 2 heterocycles. The predicted octanol–water partition coefficient (Wildman–Crippen LogP) is 5.56. The highest BCUT2D eigenvalue weighted by molar-refractivity contribution is 5.97. The van der Waals surface area contributed by atoms with Gasteiger partial charge in [-0.2, -0.15) is 5.10 Å². The van der Waals surface area contributed by atoms with Crippen LogP contribution in [0.3, 0.4) is 0 Å². The minimum Gasteiger partial charge on any atom is -0.463 e. The van der Waals surface area contributed by atoms with Gasteiger partial charge in [0, 0.05) is 16.7 Å². The molecule has 0 saturated heterocycles. The zero-order valence-corrected chi connectivity index (χ0v) is 18.6. The first-order valence-electron chi connectivity index (χ1n) is 10.9. The van der Waals surface area contributed by atoms with E-state index in [1.807, 2.05) is 30.3 Å². The number of amides is 1. The molecule has 0 radical (unpaired) electrons. The number of benzene rings is 3. The van der Waals surface area contributed by atoms with E-state index >= 15 is 0 Å². The van der Waals surface area contributed by atoms with Crippen molar-refractivity contribution in [2.75, 3.05) is 0 Å². The fourth-order valence-electron chi connectivity index (χ4n) is 3.62. The number of fused-ring (bicyclic) bond motifs is 1. The van der Waals surface area contributed by atoms with Crippen molar-refractivity contribution in [1.29, 1.82) is 0 Å². The molecule has 8 heteroatoms. The quantitative estimate of drug-likeness (QED) is 0.263. The zero-order valence-electron chi connectivity index (χ0n) is 18.6. The summed E-state index contributed by atoms with van der Waals surface area (Å²) >= 11 is 0. The Labute approximate surface area is 203 Å². The molecule has 0 aliphatic rings. The van der Waals surface area contributed by atoms with E-state index in [9.17, 15) is 18.4 Å². The predicted molar refractivity (Wildman–Crippen MR) is 133 cm³/mol. The summed E-state index contributed by atoms with van der Waals surface area (Å²) in [6.07, 6.45) is 2.32. The zero-order chi connectivity index (χ0) is 25.1. The smallest absolute Gasteiger partial charge is 0.271 e. The second kappa shape index (κ2) is 9.71. The molecule has 36 heavy (non-hydrogen) atoms. The van der Waals surface area contributed by atoms with Crippen molar-refractivity contribution < 1.29 is 18.0 Å². The lowest BCUT2D eigenvalue weighted by Crippen LogP contribution is -2.19. The summed E-state index contributed by atoms with van der Waals surface area (Å²) in [6, 6.07) is 21.9. The second-order valence-electron chi connectivity index (χ2n) is 7.86.